The molecule has 0 spiro atoms. The predicted octanol–water partition coefficient (Wildman–Crippen LogP) is 1.31. The standard InChI is InChI=1S/C17H13ClN6O4S/c18-11-5-6-15(19-7-11)20-16(25)10-23-8-12(21-22-23)9-24-17(26)13-3-1-2-4-14(13)29(24,27)28/h1-8H,9-10H2,(H,19,20,25). The van der Waals surface area contributed by atoms with E-state index in [9.17, 15) is 18.0 Å². The van der Waals surface area contributed by atoms with Gasteiger partial charge in [0.05, 0.1) is 23.3 Å². The fraction of sp³-hybridized carbons (Fsp3) is 0.118. The summed E-state index contributed by atoms with van der Waals surface area (Å²) < 4.78 is 27.1. The van der Waals surface area contributed by atoms with Crippen LogP contribution < -0.4 is 5.32 Å². The van der Waals surface area contributed by atoms with E-state index in [1.165, 1.54) is 29.2 Å². The monoisotopic (exact) mass is 432 g/mol. The van der Waals surface area contributed by atoms with E-state index in [0.717, 1.165) is 4.31 Å². The van der Waals surface area contributed by atoms with Gasteiger partial charge >= 0.3 is 0 Å². The van der Waals surface area contributed by atoms with Crippen LogP contribution in [0.2, 0.25) is 5.02 Å². The first-order valence-electron chi connectivity index (χ1n) is 8.31. The third-order valence-corrected chi connectivity index (χ3v) is 6.11. The molecule has 4 rings (SSSR count). The molecular weight excluding hydrogens is 420 g/mol. The molecule has 1 aliphatic heterocycles. The van der Waals surface area contributed by atoms with Crippen LogP contribution in [0.1, 0.15) is 16.1 Å². The number of carbonyl (C=O) groups is 2. The second kappa shape index (κ2) is 7.26. The summed E-state index contributed by atoms with van der Waals surface area (Å²) in [4.78, 5) is 28.5. The second-order valence-electron chi connectivity index (χ2n) is 6.13. The van der Waals surface area contributed by atoms with Crippen LogP contribution in [-0.2, 0) is 27.9 Å². The minimum Gasteiger partial charge on any atom is -0.309 e. The molecule has 29 heavy (non-hydrogen) atoms. The van der Waals surface area contributed by atoms with E-state index in [1.807, 2.05) is 0 Å². The molecule has 0 saturated heterocycles. The van der Waals surface area contributed by atoms with Gasteiger partial charge in [-0.2, -0.15) is 0 Å². The number of nitrogens with zero attached hydrogens (tertiary/aromatic N) is 5. The van der Waals surface area contributed by atoms with Crippen LogP contribution in [0.15, 0.2) is 53.7 Å². The van der Waals surface area contributed by atoms with Crippen LogP contribution >= 0.6 is 11.6 Å². The predicted molar refractivity (Wildman–Crippen MR) is 101 cm³/mol. The van der Waals surface area contributed by atoms with Gasteiger partial charge < -0.3 is 5.32 Å². The molecule has 0 atom stereocenters. The SMILES string of the molecule is O=C(Cn1cc(CN2C(=O)c3ccccc3S2(=O)=O)nn1)Nc1ccc(Cl)cn1. The highest BCUT2D eigenvalue weighted by Gasteiger charge is 2.41. The molecule has 12 heteroatoms. The molecule has 0 unspecified atom stereocenters. The maximum Gasteiger partial charge on any atom is 0.269 e. The summed E-state index contributed by atoms with van der Waals surface area (Å²) >= 11 is 5.74. The molecule has 148 valence electrons. The Labute approximate surface area is 170 Å². The molecule has 0 saturated carbocycles. The first-order chi connectivity index (χ1) is 13.8. The third kappa shape index (κ3) is 3.69. The molecule has 0 fully saturated rings. The Hall–Kier alpha value is -3.31. The van der Waals surface area contributed by atoms with Crippen molar-refractivity contribution < 1.29 is 18.0 Å². The van der Waals surface area contributed by atoms with Crippen molar-refractivity contribution in [3.05, 3.63) is 65.1 Å². The molecule has 3 heterocycles. The molecule has 0 aliphatic carbocycles. The van der Waals surface area contributed by atoms with Crippen LogP contribution in [0.5, 0.6) is 0 Å². The molecule has 3 aromatic rings. The van der Waals surface area contributed by atoms with Gasteiger partial charge in [0.25, 0.3) is 15.9 Å². The zero-order valence-corrected chi connectivity index (χ0v) is 16.3. The number of sulfonamides is 1. The second-order valence-corrected chi connectivity index (χ2v) is 8.40. The van der Waals surface area contributed by atoms with Crippen molar-refractivity contribution in [3.8, 4) is 0 Å². The van der Waals surface area contributed by atoms with Gasteiger partial charge in [-0.15, -0.1) is 5.10 Å². The Bertz CT molecular complexity index is 1210. The summed E-state index contributed by atoms with van der Waals surface area (Å²) in [7, 11) is -3.94. The maximum absolute atomic E-state index is 12.6. The van der Waals surface area contributed by atoms with Crippen molar-refractivity contribution in [2.75, 3.05) is 5.32 Å². The number of hydrogen-bond acceptors (Lipinski definition) is 7. The average molecular weight is 433 g/mol. The van der Waals surface area contributed by atoms with Crippen LogP contribution in [0.4, 0.5) is 5.82 Å². The van der Waals surface area contributed by atoms with Gasteiger partial charge in [0.1, 0.15) is 23.0 Å². The molecule has 0 bridgehead atoms. The first kappa shape index (κ1) is 19.0. The van der Waals surface area contributed by atoms with Crippen molar-refractivity contribution >= 4 is 39.3 Å². The maximum atomic E-state index is 12.6. The molecule has 1 aliphatic rings. The van der Waals surface area contributed by atoms with Crippen molar-refractivity contribution in [1.29, 1.82) is 0 Å². The van der Waals surface area contributed by atoms with Gasteiger partial charge in [0.2, 0.25) is 5.91 Å². The van der Waals surface area contributed by atoms with Gasteiger partial charge in [-0.25, -0.2) is 22.4 Å². The number of hydrogen-bond donors (Lipinski definition) is 1. The van der Waals surface area contributed by atoms with E-state index in [0.29, 0.717) is 10.8 Å². The Morgan fingerprint density at radius 3 is 2.69 bits per heavy atom. The first-order valence-corrected chi connectivity index (χ1v) is 10.1. The van der Waals surface area contributed by atoms with Crippen molar-refractivity contribution in [2.24, 2.45) is 0 Å². The molecule has 2 amide bonds. The number of benzene rings is 1. The van der Waals surface area contributed by atoms with Crippen LogP contribution in [-0.4, -0.2) is 44.5 Å². The molecule has 10 nitrogen and oxygen atoms in total. The van der Waals surface area contributed by atoms with Gasteiger partial charge in [-0.1, -0.05) is 28.9 Å². The van der Waals surface area contributed by atoms with E-state index >= 15 is 0 Å². The quantitative estimate of drug-likeness (QED) is 0.643. The number of amides is 2. The number of carbonyl (C=O) groups excluding carboxylic acids is 2. The minimum atomic E-state index is -3.94. The zero-order chi connectivity index (χ0) is 20.6. The number of halogens is 1. The largest absolute Gasteiger partial charge is 0.309 e. The van der Waals surface area contributed by atoms with Crippen molar-refractivity contribution in [3.63, 3.8) is 0 Å². The molecule has 1 aromatic carbocycles. The molecule has 1 N–H and O–H groups in total. The fourth-order valence-corrected chi connectivity index (χ4v) is 4.45. The van der Waals surface area contributed by atoms with Crippen LogP contribution in [0, 0.1) is 0 Å². The Balaban J connectivity index is 1.44. The summed E-state index contributed by atoms with van der Waals surface area (Å²) in [5, 5.41) is 10.7. The van der Waals surface area contributed by atoms with Gasteiger partial charge in [-0.3, -0.25) is 9.59 Å². The zero-order valence-electron chi connectivity index (χ0n) is 14.7. The number of pyridine rings is 1. The van der Waals surface area contributed by atoms with Gasteiger partial charge in [0, 0.05) is 6.20 Å². The lowest BCUT2D eigenvalue weighted by atomic mass is 10.2. The highest BCUT2D eigenvalue weighted by Crippen LogP contribution is 2.30. The molecular formula is C17H13ClN6O4S. The normalized spacial score (nSPS) is 14.7. The fourth-order valence-electron chi connectivity index (χ4n) is 2.80. The summed E-state index contributed by atoms with van der Waals surface area (Å²) in [6.07, 6.45) is 2.80. The smallest absolute Gasteiger partial charge is 0.269 e. The highest BCUT2D eigenvalue weighted by molar-refractivity contribution is 7.90. The minimum absolute atomic E-state index is 0.0350. The third-order valence-electron chi connectivity index (χ3n) is 4.10. The molecule has 2 aromatic heterocycles. The lowest BCUT2D eigenvalue weighted by molar-refractivity contribution is -0.117. The van der Waals surface area contributed by atoms with E-state index in [1.54, 1.807) is 24.3 Å². The summed E-state index contributed by atoms with van der Waals surface area (Å²) in [6.45, 7) is -0.450. The highest BCUT2D eigenvalue weighted by atomic mass is 35.5. The van der Waals surface area contributed by atoms with E-state index in [-0.39, 0.29) is 29.2 Å². The van der Waals surface area contributed by atoms with Crippen molar-refractivity contribution in [2.45, 2.75) is 18.0 Å². The number of nitrogens with one attached hydrogen (secondary N) is 1. The van der Waals surface area contributed by atoms with E-state index < -0.39 is 21.8 Å². The summed E-state index contributed by atoms with van der Waals surface area (Å²) in [5.74, 6) is -0.707. The number of fused-ring (bicyclic) bond motifs is 1. The van der Waals surface area contributed by atoms with Gasteiger partial charge in [0.15, 0.2) is 0 Å². The van der Waals surface area contributed by atoms with Crippen molar-refractivity contribution in [1.82, 2.24) is 24.3 Å². The lowest BCUT2D eigenvalue weighted by Gasteiger charge is -2.12. The average Bonchev–Trinajstić information content (AvgIpc) is 3.20. The van der Waals surface area contributed by atoms with Crippen LogP contribution in [0.3, 0.4) is 0 Å². The number of anilines is 1. The van der Waals surface area contributed by atoms with E-state index in [4.69, 9.17) is 11.6 Å². The van der Waals surface area contributed by atoms with E-state index in [2.05, 4.69) is 20.6 Å². The van der Waals surface area contributed by atoms with Crippen LogP contribution in [0.25, 0.3) is 0 Å². The lowest BCUT2D eigenvalue weighted by Crippen LogP contribution is -2.29. The Morgan fingerprint density at radius 1 is 1.17 bits per heavy atom. The Morgan fingerprint density at radius 2 is 1.97 bits per heavy atom. The molecule has 0 radical (unpaired) electrons. The summed E-state index contributed by atoms with van der Waals surface area (Å²) in [6, 6.07) is 9.13. The number of aromatic nitrogens is 4. The topological polar surface area (TPSA) is 127 Å². The Kier molecular flexibility index (Phi) is 4.76. The van der Waals surface area contributed by atoms with Gasteiger partial charge in [-0.05, 0) is 24.3 Å². The number of rotatable bonds is 5. The summed E-state index contributed by atoms with van der Waals surface area (Å²) in [5.41, 5.74) is 0.349.